The summed E-state index contributed by atoms with van der Waals surface area (Å²) in [6.45, 7) is 13.4. The van der Waals surface area contributed by atoms with E-state index in [-0.39, 0.29) is 5.54 Å². The molecule has 3 atom stereocenters. The van der Waals surface area contributed by atoms with E-state index < -0.39 is 0 Å². The highest BCUT2D eigenvalue weighted by Crippen LogP contribution is 2.21. The van der Waals surface area contributed by atoms with Gasteiger partial charge in [-0.25, -0.2) is 0 Å². The Morgan fingerprint density at radius 2 is 1.95 bits per heavy atom. The normalized spacial score (nSPS) is 27.7. The molecule has 1 N–H and O–H groups in total. The highest BCUT2D eigenvalue weighted by Gasteiger charge is 2.24. The molecule has 1 rings (SSSR count). The number of nitriles is 1. The summed E-state index contributed by atoms with van der Waals surface area (Å²) in [5.74, 6) is 1.65. The van der Waals surface area contributed by atoms with Gasteiger partial charge in [-0.15, -0.1) is 0 Å². The third-order valence-corrected chi connectivity index (χ3v) is 4.11. The van der Waals surface area contributed by atoms with Crippen LogP contribution in [0, 0.1) is 23.2 Å². The van der Waals surface area contributed by atoms with Crippen LogP contribution in [0.1, 0.15) is 53.4 Å². The maximum atomic E-state index is 9.31. The van der Waals surface area contributed by atoms with Gasteiger partial charge >= 0.3 is 0 Å². The lowest BCUT2D eigenvalue weighted by atomic mass is 9.91. The zero-order chi connectivity index (χ0) is 14.3. The maximum absolute atomic E-state index is 9.31. The minimum absolute atomic E-state index is 0.344. The first kappa shape index (κ1) is 16.5. The molecule has 1 fully saturated rings. The molecule has 0 aliphatic carbocycles. The van der Waals surface area contributed by atoms with Gasteiger partial charge in [0, 0.05) is 13.1 Å². The predicted octanol–water partition coefficient (Wildman–Crippen LogP) is 3.03. The third-order valence-electron chi connectivity index (χ3n) is 4.11. The van der Waals surface area contributed by atoms with Crippen LogP contribution in [0.2, 0.25) is 0 Å². The summed E-state index contributed by atoms with van der Waals surface area (Å²) < 4.78 is 0. The van der Waals surface area contributed by atoms with Gasteiger partial charge < -0.3 is 4.90 Å². The first-order chi connectivity index (χ1) is 8.99. The van der Waals surface area contributed by atoms with Gasteiger partial charge in [-0.1, -0.05) is 20.8 Å². The van der Waals surface area contributed by atoms with E-state index in [2.05, 4.69) is 37.1 Å². The molecule has 0 spiro atoms. The number of hydrogen-bond donors (Lipinski definition) is 1. The summed E-state index contributed by atoms with van der Waals surface area (Å²) >= 11 is 0. The smallest absolute Gasteiger partial charge is 0.103 e. The van der Waals surface area contributed by atoms with Crippen LogP contribution in [-0.4, -0.2) is 36.6 Å². The minimum atomic E-state index is -0.344. The van der Waals surface area contributed by atoms with Crippen molar-refractivity contribution in [3.8, 4) is 6.07 Å². The molecule has 3 unspecified atom stereocenters. The number of hydrogen-bond acceptors (Lipinski definition) is 3. The van der Waals surface area contributed by atoms with Gasteiger partial charge in [-0.05, 0) is 57.5 Å². The van der Waals surface area contributed by atoms with Crippen molar-refractivity contribution in [2.75, 3.05) is 26.2 Å². The van der Waals surface area contributed by atoms with Crippen LogP contribution >= 0.6 is 0 Å². The summed E-state index contributed by atoms with van der Waals surface area (Å²) in [5, 5.41) is 12.7. The summed E-state index contributed by atoms with van der Waals surface area (Å²) in [6.07, 6.45) is 4.51. The molecule has 3 nitrogen and oxygen atoms in total. The molecule has 0 saturated carbocycles. The monoisotopic (exact) mass is 265 g/mol. The fourth-order valence-electron chi connectivity index (χ4n) is 3.22. The minimum Gasteiger partial charge on any atom is -0.303 e. The fourth-order valence-corrected chi connectivity index (χ4v) is 3.22. The summed E-state index contributed by atoms with van der Waals surface area (Å²) in [7, 11) is 0. The Bertz CT molecular complexity index is 287. The van der Waals surface area contributed by atoms with Crippen LogP contribution < -0.4 is 5.32 Å². The summed E-state index contributed by atoms with van der Waals surface area (Å²) in [4.78, 5) is 2.58. The highest BCUT2D eigenvalue weighted by molar-refractivity contribution is 5.03. The third kappa shape index (κ3) is 5.93. The molecule has 0 bridgehead atoms. The van der Waals surface area contributed by atoms with Crippen molar-refractivity contribution in [1.82, 2.24) is 10.2 Å². The van der Waals surface area contributed by atoms with E-state index in [0.717, 1.165) is 44.2 Å². The van der Waals surface area contributed by atoms with Gasteiger partial charge in [-0.3, -0.25) is 5.32 Å². The highest BCUT2D eigenvalue weighted by atomic mass is 15.1. The molecule has 1 aliphatic rings. The average Bonchev–Trinajstić information content (AvgIpc) is 2.35. The van der Waals surface area contributed by atoms with Crippen molar-refractivity contribution in [3.05, 3.63) is 0 Å². The number of piperidine rings is 1. The lowest BCUT2D eigenvalue weighted by molar-refractivity contribution is 0.136. The van der Waals surface area contributed by atoms with Gasteiger partial charge in [0.2, 0.25) is 0 Å². The van der Waals surface area contributed by atoms with Gasteiger partial charge in [0.1, 0.15) is 5.54 Å². The quantitative estimate of drug-likeness (QED) is 0.769. The SMILES string of the molecule is CCCNC(C)(C#N)CCCN1CC(C)CC(C)C1. The maximum Gasteiger partial charge on any atom is 0.103 e. The topological polar surface area (TPSA) is 39.1 Å². The Morgan fingerprint density at radius 3 is 2.47 bits per heavy atom. The zero-order valence-electron chi connectivity index (χ0n) is 13.2. The van der Waals surface area contributed by atoms with Crippen LogP contribution in [-0.2, 0) is 0 Å². The van der Waals surface area contributed by atoms with Crippen molar-refractivity contribution in [1.29, 1.82) is 5.26 Å². The number of nitrogens with one attached hydrogen (secondary N) is 1. The predicted molar refractivity (Wildman–Crippen MR) is 80.9 cm³/mol. The Balaban J connectivity index is 2.30. The molecule has 19 heavy (non-hydrogen) atoms. The molecule has 0 amide bonds. The number of likely N-dealkylation sites (tertiary alicyclic amines) is 1. The zero-order valence-corrected chi connectivity index (χ0v) is 13.2. The lowest BCUT2D eigenvalue weighted by Crippen LogP contribution is -2.43. The molecular weight excluding hydrogens is 234 g/mol. The molecule has 1 saturated heterocycles. The van der Waals surface area contributed by atoms with Crippen LogP contribution in [0.5, 0.6) is 0 Å². The number of rotatable bonds is 7. The van der Waals surface area contributed by atoms with Crippen LogP contribution in [0.25, 0.3) is 0 Å². The molecule has 0 aromatic rings. The Hall–Kier alpha value is -0.590. The molecule has 0 radical (unpaired) electrons. The van der Waals surface area contributed by atoms with E-state index >= 15 is 0 Å². The van der Waals surface area contributed by atoms with Crippen LogP contribution in [0.3, 0.4) is 0 Å². The van der Waals surface area contributed by atoms with E-state index in [0.29, 0.717) is 0 Å². The van der Waals surface area contributed by atoms with Gasteiger partial charge in [0.15, 0.2) is 0 Å². The molecule has 1 heterocycles. The van der Waals surface area contributed by atoms with Crippen LogP contribution in [0.15, 0.2) is 0 Å². The van der Waals surface area contributed by atoms with Crippen molar-refractivity contribution >= 4 is 0 Å². The first-order valence-corrected chi connectivity index (χ1v) is 7.87. The van der Waals surface area contributed by atoms with Crippen LogP contribution in [0.4, 0.5) is 0 Å². The van der Waals surface area contributed by atoms with E-state index in [1.165, 1.54) is 19.5 Å². The Morgan fingerprint density at radius 1 is 1.32 bits per heavy atom. The van der Waals surface area contributed by atoms with Crippen molar-refractivity contribution in [2.45, 2.75) is 58.9 Å². The molecule has 1 aliphatic heterocycles. The fraction of sp³-hybridized carbons (Fsp3) is 0.938. The second-order valence-electron chi connectivity index (χ2n) is 6.68. The van der Waals surface area contributed by atoms with E-state index in [4.69, 9.17) is 0 Å². The molecule has 3 heteroatoms. The lowest BCUT2D eigenvalue weighted by Gasteiger charge is -2.35. The van der Waals surface area contributed by atoms with Crippen molar-refractivity contribution < 1.29 is 0 Å². The summed E-state index contributed by atoms with van der Waals surface area (Å²) in [6, 6.07) is 2.44. The molecular formula is C16H31N3. The van der Waals surface area contributed by atoms with Crippen molar-refractivity contribution in [3.63, 3.8) is 0 Å². The van der Waals surface area contributed by atoms with Gasteiger partial charge in [0.05, 0.1) is 6.07 Å². The molecule has 110 valence electrons. The summed E-state index contributed by atoms with van der Waals surface area (Å²) in [5.41, 5.74) is -0.344. The molecule has 0 aromatic carbocycles. The Kier molecular flexibility index (Phi) is 6.82. The van der Waals surface area contributed by atoms with Gasteiger partial charge in [0.25, 0.3) is 0 Å². The molecule has 0 aromatic heterocycles. The van der Waals surface area contributed by atoms with E-state index in [9.17, 15) is 5.26 Å². The first-order valence-electron chi connectivity index (χ1n) is 7.87. The second kappa shape index (κ2) is 7.87. The second-order valence-corrected chi connectivity index (χ2v) is 6.68. The van der Waals surface area contributed by atoms with E-state index in [1.807, 2.05) is 6.92 Å². The Labute approximate surface area is 119 Å². The van der Waals surface area contributed by atoms with Crippen molar-refractivity contribution in [2.24, 2.45) is 11.8 Å². The largest absolute Gasteiger partial charge is 0.303 e. The van der Waals surface area contributed by atoms with E-state index in [1.54, 1.807) is 0 Å². The standard InChI is InChI=1S/C16H31N3/c1-5-8-18-16(4,13-17)7-6-9-19-11-14(2)10-15(3)12-19/h14-15,18H,5-12H2,1-4H3. The number of nitrogens with zero attached hydrogens (tertiary/aromatic N) is 2. The van der Waals surface area contributed by atoms with Gasteiger partial charge in [-0.2, -0.15) is 5.26 Å². The average molecular weight is 265 g/mol.